The smallest absolute Gasteiger partial charge is 0.458 e. The van der Waals surface area contributed by atoms with Crippen LogP contribution in [0.15, 0.2) is 0 Å². The zero-order valence-electron chi connectivity index (χ0n) is 16.5. The van der Waals surface area contributed by atoms with Crippen molar-refractivity contribution in [2.75, 3.05) is 13.2 Å². The molecule has 0 aromatic carbocycles. The van der Waals surface area contributed by atoms with Gasteiger partial charge in [-0.3, -0.25) is 4.79 Å². The van der Waals surface area contributed by atoms with E-state index in [2.05, 4.69) is 11.6 Å². The van der Waals surface area contributed by atoms with Gasteiger partial charge in [0, 0.05) is 6.42 Å². The van der Waals surface area contributed by atoms with Gasteiger partial charge >= 0.3 is 13.3 Å². The number of ether oxygens (including phenoxy) is 1. The molecular formula is C19H39BO6. The number of hydrogen-bond acceptors (Lipinski definition) is 6. The fraction of sp³-hybridized carbons (Fsp3) is 0.947. The lowest BCUT2D eigenvalue weighted by Crippen LogP contribution is -2.31. The molecule has 1 unspecified atom stereocenters. The largest absolute Gasteiger partial charge is 0.634 e. The normalized spacial score (nSPS) is 12.2. The third-order valence-corrected chi connectivity index (χ3v) is 4.42. The van der Waals surface area contributed by atoms with Crippen molar-refractivity contribution in [2.45, 2.75) is 103 Å². The maximum atomic E-state index is 11.6. The fourth-order valence-corrected chi connectivity index (χ4v) is 2.85. The number of unbranched alkanes of at least 4 members (excludes halogenated alkanes) is 12. The molecule has 0 saturated carbocycles. The Hall–Kier alpha value is -0.625. The van der Waals surface area contributed by atoms with Crippen LogP contribution in [0.4, 0.5) is 0 Å². The fourth-order valence-electron chi connectivity index (χ4n) is 2.85. The standard InChI is InChI=1S/C19H39BO6/c1-2-3-4-5-6-7-8-9-10-11-12-13-14-15-19(22)26-18(16-21)17-25-20(23)24/h18,21,23-24H,2-17H2,1H3. The molecule has 0 heterocycles. The van der Waals surface area contributed by atoms with Gasteiger partial charge in [-0.25, -0.2) is 0 Å². The van der Waals surface area contributed by atoms with Crippen molar-refractivity contribution in [1.29, 1.82) is 0 Å². The molecular weight excluding hydrogens is 335 g/mol. The van der Waals surface area contributed by atoms with E-state index in [9.17, 15) is 4.79 Å². The first kappa shape index (κ1) is 25.4. The lowest BCUT2D eigenvalue weighted by Gasteiger charge is -2.15. The summed E-state index contributed by atoms with van der Waals surface area (Å²) >= 11 is 0. The predicted molar refractivity (Wildman–Crippen MR) is 103 cm³/mol. The monoisotopic (exact) mass is 374 g/mol. The lowest BCUT2D eigenvalue weighted by molar-refractivity contribution is -0.153. The lowest BCUT2D eigenvalue weighted by atomic mass is 10.0. The number of rotatable bonds is 19. The summed E-state index contributed by atoms with van der Waals surface area (Å²) in [5.74, 6) is -0.386. The second-order valence-electron chi connectivity index (χ2n) is 6.95. The Morgan fingerprint density at radius 2 is 1.31 bits per heavy atom. The Balaban J connectivity index is 3.37. The third-order valence-electron chi connectivity index (χ3n) is 4.42. The Morgan fingerprint density at radius 1 is 0.846 bits per heavy atom. The maximum absolute atomic E-state index is 11.6. The first-order valence-corrected chi connectivity index (χ1v) is 10.4. The van der Waals surface area contributed by atoms with E-state index >= 15 is 0 Å². The van der Waals surface area contributed by atoms with Crippen molar-refractivity contribution in [2.24, 2.45) is 0 Å². The second-order valence-corrected chi connectivity index (χ2v) is 6.95. The molecule has 0 aliphatic carbocycles. The summed E-state index contributed by atoms with van der Waals surface area (Å²) in [6.45, 7) is 1.60. The molecule has 0 fully saturated rings. The van der Waals surface area contributed by atoms with Crippen molar-refractivity contribution in [3.05, 3.63) is 0 Å². The average Bonchev–Trinajstić information content (AvgIpc) is 2.62. The molecule has 0 radical (unpaired) electrons. The molecule has 1 atom stereocenters. The molecule has 3 N–H and O–H groups in total. The predicted octanol–water partition coefficient (Wildman–Crippen LogP) is 3.36. The summed E-state index contributed by atoms with van der Waals surface area (Å²) < 4.78 is 9.51. The van der Waals surface area contributed by atoms with Gasteiger partial charge in [0.1, 0.15) is 6.10 Å². The van der Waals surface area contributed by atoms with Gasteiger partial charge in [0.05, 0.1) is 13.2 Å². The minimum atomic E-state index is -1.93. The Kier molecular flexibility index (Phi) is 18.7. The van der Waals surface area contributed by atoms with E-state index in [0.29, 0.717) is 6.42 Å². The summed E-state index contributed by atoms with van der Waals surface area (Å²) in [4.78, 5) is 11.6. The molecule has 0 spiro atoms. The Morgan fingerprint density at radius 3 is 1.73 bits per heavy atom. The first-order chi connectivity index (χ1) is 12.6. The van der Waals surface area contributed by atoms with Gasteiger partial charge in [0.25, 0.3) is 0 Å². The van der Waals surface area contributed by atoms with E-state index in [1.807, 2.05) is 0 Å². The highest BCUT2D eigenvalue weighted by Crippen LogP contribution is 2.13. The topological polar surface area (TPSA) is 96.2 Å². The number of aliphatic hydroxyl groups is 1. The minimum absolute atomic E-state index is 0.238. The number of aliphatic hydroxyl groups excluding tert-OH is 1. The number of carbonyl (C=O) groups excluding carboxylic acids is 1. The second kappa shape index (κ2) is 19.1. The summed E-state index contributed by atoms with van der Waals surface area (Å²) in [7, 11) is -1.93. The SMILES string of the molecule is CCCCCCCCCCCCCCCC(=O)OC(CO)COB(O)O. The molecule has 0 bridgehead atoms. The average molecular weight is 374 g/mol. The molecule has 0 aromatic heterocycles. The summed E-state index contributed by atoms with van der Waals surface area (Å²) in [5, 5.41) is 26.2. The number of hydrogen-bond donors (Lipinski definition) is 3. The summed E-state index contributed by atoms with van der Waals surface area (Å²) in [6, 6.07) is 0. The highest BCUT2D eigenvalue weighted by atomic mass is 16.6. The molecule has 26 heavy (non-hydrogen) atoms. The van der Waals surface area contributed by atoms with Crippen molar-refractivity contribution in [1.82, 2.24) is 0 Å². The van der Waals surface area contributed by atoms with Crippen LogP contribution in [0.2, 0.25) is 0 Å². The molecule has 0 saturated heterocycles. The van der Waals surface area contributed by atoms with Crippen LogP contribution in [0.25, 0.3) is 0 Å². The van der Waals surface area contributed by atoms with Crippen LogP contribution in [0, 0.1) is 0 Å². The maximum Gasteiger partial charge on any atom is 0.634 e. The van der Waals surface area contributed by atoms with Gasteiger partial charge in [-0.05, 0) is 6.42 Å². The van der Waals surface area contributed by atoms with E-state index in [1.54, 1.807) is 0 Å². The number of esters is 1. The quantitative estimate of drug-likeness (QED) is 0.182. The van der Waals surface area contributed by atoms with Gasteiger partial charge in [-0.15, -0.1) is 0 Å². The van der Waals surface area contributed by atoms with Crippen LogP contribution in [-0.2, 0) is 14.2 Å². The van der Waals surface area contributed by atoms with E-state index < -0.39 is 20.0 Å². The van der Waals surface area contributed by atoms with Crippen molar-refractivity contribution >= 4 is 13.3 Å². The van der Waals surface area contributed by atoms with Gasteiger partial charge < -0.3 is 24.5 Å². The van der Waals surface area contributed by atoms with Crippen LogP contribution in [0.5, 0.6) is 0 Å². The van der Waals surface area contributed by atoms with Crippen molar-refractivity contribution < 1.29 is 29.3 Å². The van der Waals surface area contributed by atoms with E-state index in [4.69, 9.17) is 19.9 Å². The van der Waals surface area contributed by atoms with Crippen molar-refractivity contribution in [3.8, 4) is 0 Å². The molecule has 0 aliphatic heterocycles. The van der Waals surface area contributed by atoms with Gasteiger partial charge in [0.2, 0.25) is 0 Å². The highest BCUT2D eigenvalue weighted by Gasteiger charge is 2.17. The van der Waals surface area contributed by atoms with Crippen LogP contribution in [-0.4, -0.2) is 47.8 Å². The Labute approximate surface area is 159 Å². The van der Waals surface area contributed by atoms with Crippen molar-refractivity contribution in [3.63, 3.8) is 0 Å². The molecule has 0 aromatic rings. The molecule has 0 aliphatic rings. The zero-order chi connectivity index (χ0) is 19.5. The molecule has 7 heteroatoms. The van der Waals surface area contributed by atoms with Gasteiger partial charge in [-0.1, -0.05) is 84.0 Å². The summed E-state index contributed by atoms with van der Waals surface area (Å²) in [6.07, 6.45) is 15.7. The highest BCUT2D eigenvalue weighted by molar-refractivity contribution is 6.32. The van der Waals surface area contributed by atoms with E-state index in [1.165, 1.54) is 64.2 Å². The van der Waals surface area contributed by atoms with Crippen LogP contribution in [0.3, 0.4) is 0 Å². The summed E-state index contributed by atoms with van der Waals surface area (Å²) in [5.41, 5.74) is 0. The zero-order valence-corrected chi connectivity index (χ0v) is 16.5. The van der Waals surface area contributed by atoms with Crippen LogP contribution in [0.1, 0.15) is 96.8 Å². The Bertz CT molecular complexity index is 314. The molecule has 0 amide bonds. The van der Waals surface area contributed by atoms with Gasteiger partial charge in [0.15, 0.2) is 0 Å². The molecule has 154 valence electrons. The third kappa shape index (κ3) is 18.2. The molecule has 0 rings (SSSR count). The number of carbonyl (C=O) groups is 1. The first-order valence-electron chi connectivity index (χ1n) is 10.4. The molecule has 6 nitrogen and oxygen atoms in total. The van der Waals surface area contributed by atoms with Gasteiger partial charge in [-0.2, -0.15) is 0 Å². The minimum Gasteiger partial charge on any atom is -0.458 e. The van der Waals surface area contributed by atoms with Crippen LogP contribution < -0.4 is 0 Å². The van der Waals surface area contributed by atoms with E-state index in [0.717, 1.165) is 19.3 Å². The van der Waals surface area contributed by atoms with E-state index in [-0.39, 0.29) is 12.6 Å². The van der Waals surface area contributed by atoms with Crippen LogP contribution >= 0.6 is 0 Å².